The van der Waals surface area contributed by atoms with Crippen molar-refractivity contribution in [2.45, 2.75) is 360 Å². The van der Waals surface area contributed by atoms with Crippen molar-refractivity contribution in [1.29, 1.82) is 0 Å². The Labute approximate surface area is 449 Å². The summed E-state index contributed by atoms with van der Waals surface area (Å²) in [5.74, 6) is -0.0781. The normalized spacial score (nSPS) is 12.8. The zero-order valence-corrected chi connectivity index (χ0v) is 48.4. The summed E-state index contributed by atoms with van der Waals surface area (Å²) >= 11 is 0. The van der Waals surface area contributed by atoms with E-state index in [2.05, 4.69) is 43.5 Å². The van der Waals surface area contributed by atoms with E-state index in [1.807, 2.05) is 6.08 Å². The van der Waals surface area contributed by atoms with Crippen LogP contribution in [0.1, 0.15) is 348 Å². The molecule has 0 aliphatic rings. The Morgan fingerprint density at radius 3 is 1.01 bits per heavy atom. The number of nitrogens with one attached hydrogen (secondary N) is 1. The molecule has 0 bridgehead atoms. The Morgan fingerprint density at radius 1 is 0.375 bits per heavy atom. The molecule has 3 N–H and O–H groups in total. The van der Waals surface area contributed by atoms with Gasteiger partial charge in [-0.25, -0.2) is 0 Å². The fourth-order valence-corrected chi connectivity index (χ4v) is 9.92. The number of carbonyl (C=O) groups excluding carboxylic acids is 2. The number of hydrogen-bond donors (Lipinski definition) is 3. The first-order valence-electron chi connectivity index (χ1n) is 32.3. The third-order valence-electron chi connectivity index (χ3n) is 14.9. The minimum absolute atomic E-state index is 0.00434. The first kappa shape index (κ1) is 70.1. The number of hydrogen-bond acceptors (Lipinski definition) is 5. The van der Waals surface area contributed by atoms with Crippen LogP contribution in [-0.2, 0) is 14.3 Å². The molecule has 1 amide bonds. The van der Waals surface area contributed by atoms with Crippen LogP contribution >= 0.6 is 0 Å². The van der Waals surface area contributed by atoms with Gasteiger partial charge in [0.15, 0.2) is 0 Å². The molecule has 72 heavy (non-hydrogen) atoms. The molecule has 0 rings (SSSR count). The third-order valence-corrected chi connectivity index (χ3v) is 14.9. The number of esters is 1. The Bertz CT molecular complexity index is 1170. The monoisotopic (exact) mass is 1010 g/mol. The number of carbonyl (C=O) groups is 2. The van der Waals surface area contributed by atoms with E-state index in [-0.39, 0.29) is 18.5 Å². The van der Waals surface area contributed by atoms with Gasteiger partial charge in [-0.05, 0) is 83.5 Å². The van der Waals surface area contributed by atoms with E-state index < -0.39 is 12.1 Å². The highest BCUT2D eigenvalue weighted by Crippen LogP contribution is 2.17. The molecular weight excluding hydrogens is 887 g/mol. The molecule has 0 aliphatic heterocycles. The van der Waals surface area contributed by atoms with E-state index in [0.717, 1.165) is 51.4 Å². The average Bonchev–Trinajstić information content (AvgIpc) is 3.38. The van der Waals surface area contributed by atoms with Crippen LogP contribution in [0.15, 0.2) is 36.5 Å². The molecule has 0 aromatic carbocycles. The number of aliphatic hydroxyl groups is 2. The van der Waals surface area contributed by atoms with Gasteiger partial charge in [0.25, 0.3) is 0 Å². The van der Waals surface area contributed by atoms with Crippen LogP contribution in [0.25, 0.3) is 0 Å². The van der Waals surface area contributed by atoms with Gasteiger partial charge in [0.2, 0.25) is 5.91 Å². The van der Waals surface area contributed by atoms with Crippen molar-refractivity contribution in [3.63, 3.8) is 0 Å². The molecule has 0 fully saturated rings. The van der Waals surface area contributed by atoms with Gasteiger partial charge < -0.3 is 20.3 Å². The maximum atomic E-state index is 12.5. The van der Waals surface area contributed by atoms with Gasteiger partial charge in [-0.2, -0.15) is 0 Å². The van der Waals surface area contributed by atoms with Crippen LogP contribution in [0.3, 0.4) is 0 Å². The van der Waals surface area contributed by atoms with Gasteiger partial charge in [-0.3, -0.25) is 9.59 Å². The summed E-state index contributed by atoms with van der Waals surface area (Å²) < 4.78 is 5.46. The summed E-state index contributed by atoms with van der Waals surface area (Å²) in [6, 6.07) is -0.636. The molecule has 424 valence electrons. The predicted octanol–water partition coefficient (Wildman–Crippen LogP) is 20.4. The maximum Gasteiger partial charge on any atom is 0.305 e. The van der Waals surface area contributed by atoms with Crippen molar-refractivity contribution < 1.29 is 24.5 Å². The van der Waals surface area contributed by atoms with E-state index in [9.17, 15) is 19.8 Å². The lowest BCUT2D eigenvalue weighted by Crippen LogP contribution is -2.45. The SMILES string of the molecule is CCCCC/C=C\CCCCCCCC(=O)OCCCCCCCCCCC/C=C\CCCCCCCCCC(=O)NC(CO)C(O)/C=C/CCCCCCCCCCCCCCCCCCCCCCC. The first-order chi connectivity index (χ1) is 35.5. The van der Waals surface area contributed by atoms with Crippen LogP contribution < -0.4 is 5.32 Å². The summed E-state index contributed by atoms with van der Waals surface area (Å²) in [4.78, 5) is 24.5. The molecule has 2 atom stereocenters. The summed E-state index contributed by atoms with van der Waals surface area (Å²) in [6.07, 6.45) is 77.6. The molecule has 0 aliphatic carbocycles. The predicted molar refractivity (Wildman–Crippen MR) is 315 cm³/mol. The Kier molecular flexibility index (Phi) is 60.0. The zero-order valence-electron chi connectivity index (χ0n) is 48.4. The summed E-state index contributed by atoms with van der Waals surface area (Å²) in [6.45, 7) is 4.89. The number of aliphatic hydroxyl groups excluding tert-OH is 2. The minimum atomic E-state index is -0.852. The molecule has 0 spiro atoms. The fourth-order valence-electron chi connectivity index (χ4n) is 9.92. The molecule has 0 aromatic heterocycles. The van der Waals surface area contributed by atoms with Crippen LogP contribution in [-0.4, -0.2) is 47.4 Å². The first-order valence-corrected chi connectivity index (χ1v) is 32.3. The molecule has 0 saturated heterocycles. The molecule has 6 nitrogen and oxygen atoms in total. The van der Waals surface area contributed by atoms with Crippen molar-refractivity contribution in [1.82, 2.24) is 5.32 Å². The smallest absolute Gasteiger partial charge is 0.305 e. The van der Waals surface area contributed by atoms with Crippen LogP contribution in [0.5, 0.6) is 0 Å². The Hall–Kier alpha value is -1.92. The van der Waals surface area contributed by atoms with Crippen molar-refractivity contribution in [3.8, 4) is 0 Å². The van der Waals surface area contributed by atoms with Gasteiger partial charge in [-0.15, -0.1) is 0 Å². The van der Waals surface area contributed by atoms with Gasteiger partial charge in [-0.1, -0.05) is 288 Å². The van der Waals surface area contributed by atoms with E-state index in [1.54, 1.807) is 6.08 Å². The van der Waals surface area contributed by atoms with E-state index >= 15 is 0 Å². The minimum Gasteiger partial charge on any atom is -0.466 e. The Morgan fingerprint density at radius 2 is 0.653 bits per heavy atom. The molecule has 0 saturated carbocycles. The number of amides is 1. The molecule has 2 unspecified atom stereocenters. The molecule has 0 radical (unpaired) electrons. The van der Waals surface area contributed by atoms with Crippen molar-refractivity contribution in [2.75, 3.05) is 13.2 Å². The number of rotatable bonds is 60. The highest BCUT2D eigenvalue weighted by molar-refractivity contribution is 5.76. The van der Waals surface area contributed by atoms with Crippen LogP contribution in [0.2, 0.25) is 0 Å². The van der Waals surface area contributed by atoms with Crippen LogP contribution in [0.4, 0.5) is 0 Å². The number of unbranched alkanes of at least 4 members (excludes halogenated alkanes) is 45. The van der Waals surface area contributed by atoms with E-state index in [0.29, 0.717) is 19.4 Å². The van der Waals surface area contributed by atoms with Crippen molar-refractivity contribution >= 4 is 11.9 Å². The third kappa shape index (κ3) is 57.4. The second-order valence-electron chi connectivity index (χ2n) is 22.1. The topological polar surface area (TPSA) is 95.9 Å². The lowest BCUT2D eigenvalue weighted by Gasteiger charge is -2.20. The Balaban J connectivity index is 3.47. The van der Waals surface area contributed by atoms with Crippen LogP contribution in [0, 0.1) is 0 Å². The van der Waals surface area contributed by atoms with Gasteiger partial charge in [0.05, 0.1) is 25.4 Å². The van der Waals surface area contributed by atoms with Gasteiger partial charge in [0.1, 0.15) is 0 Å². The standard InChI is InChI=1S/C66H125NO5/c1-3-5-7-9-11-13-15-17-18-19-20-21-22-23-26-29-32-35-38-42-46-50-54-58-64(69)63(62-68)67-65(70)59-55-51-47-43-39-36-33-30-27-24-25-28-31-34-37-41-45-49-53-57-61-72-66(71)60-56-52-48-44-40-16-14-12-10-8-6-4-2/h12,14,24,27,54,58,63-64,68-69H,3-11,13,15-23,25-26,28-53,55-57,59-62H2,1-2H3,(H,67,70)/b14-12-,27-24-,58-54+. The maximum absolute atomic E-state index is 12.5. The van der Waals surface area contributed by atoms with Crippen molar-refractivity contribution in [3.05, 3.63) is 36.5 Å². The number of ether oxygens (including phenoxy) is 1. The second kappa shape index (κ2) is 61.6. The quantitative estimate of drug-likeness (QED) is 0.0320. The highest BCUT2D eigenvalue weighted by Gasteiger charge is 2.18. The molecule has 0 aromatic rings. The zero-order chi connectivity index (χ0) is 52.2. The largest absolute Gasteiger partial charge is 0.466 e. The summed E-state index contributed by atoms with van der Waals surface area (Å²) in [5, 5.41) is 23.2. The lowest BCUT2D eigenvalue weighted by molar-refractivity contribution is -0.143. The van der Waals surface area contributed by atoms with Gasteiger partial charge >= 0.3 is 5.97 Å². The molecule has 6 heteroatoms. The average molecular weight is 1010 g/mol. The van der Waals surface area contributed by atoms with Gasteiger partial charge in [0, 0.05) is 12.8 Å². The summed E-state index contributed by atoms with van der Waals surface area (Å²) in [7, 11) is 0. The van der Waals surface area contributed by atoms with Crippen molar-refractivity contribution in [2.24, 2.45) is 0 Å². The highest BCUT2D eigenvalue weighted by atomic mass is 16.5. The number of allylic oxidation sites excluding steroid dienone is 5. The van der Waals surface area contributed by atoms with E-state index in [4.69, 9.17) is 4.74 Å². The van der Waals surface area contributed by atoms with E-state index in [1.165, 1.54) is 270 Å². The second-order valence-corrected chi connectivity index (χ2v) is 22.1. The lowest BCUT2D eigenvalue weighted by atomic mass is 10.0. The fraction of sp³-hybridized carbons (Fsp3) is 0.879. The summed E-state index contributed by atoms with van der Waals surface area (Å²) in [5.41, 5.74) is 0. The molecular formula is C66H125NO5. The molecule has 0 heterocycles.